The number of ether oxygens (including phenoxy) is 1. The van der Waals surface area contributed by atoms with Gasteiger partial charge in [-0.1, -0.05) is 11.6 Å². The molecule has 0 bridgehead atoms. The Hall–Kier alpha value is -1.98. The fraction of sp³-hybridized carbons (Fsp3) is 0.294. The number of nitrogens with one attached hydrogen (secondary N) is 3. The van der Waals surface area contributed by atoms with E-state index in [0.717, 1.165) is 12.1 Å². The van der Waals surface area contributed by atoms with E-state index in [4.69, 9.17) is 21.7 Å². The first-order valence-corrected chi connectivity index (χ1v) is 10.2. The Balaban J connectivity index is 0.00000300. The van der Waals surface area contributed by atoms with Crippen LogP contribution in [0, 0.1) is 11.2 Å². The van der Waals surface area contributed by atoms with Crippen LogP contribution < -0.4 is 10.8 Å². The highest BCUT2D eigenvalue weighted by Crippen LogP contribution is 2.22. The van der Waals surface area contributed by atoms with Gasteiger partial charge in [0.2, 0.25) is 10.0 Å². The quantitative estimate of drug-likeness (QED) is 0.623. The molecule has 0 saturated carbocycles. The molecule has 8 nitrogen and oxygen atoms in total. The minimum absolute atomic E-state index is 0. The fourth-order valence-corrected chi connectivity index (χ4v) is 4.56. The van der Waals surface area contributed by atoms with Gasteiger partial charge < -0.3 is 15.0 Å². The standard InChI is InChI=1S/C17H18ClFN4O4S.ClH/c18-12-8-14(16(20)21-10-12)17(24)22-9-11-7-13(19)1-2-15(11)28(25,26)23-3-5-27-6-4-23;/h1-2,7-8,10H,3-6,9H2,(H2,20,21)(H,22,24);1H. The minimum atomic E-state index is -3.87. The maximum atomic E-state index is 13.7. The average Bonchev–Trinajstić information content (AvgIpc) is 2.68. The molecule has 0 atom stereocenters. The number of H-pyrrole nitrogens is 1. The summed E-state index contributed by atoms with van der Waals surface area (Å²) in [5.74, 6) is -1.26. The number of hydrogen-bond acceptors (Lipinski definition) is 5. The zero-order valence-corrected chi connectivity index (χ0v) is 17.5. The first-order valence-electron chi connectivity index (χ1n) is 8.36. The summed E-state index contributed by atoms with van der Waals surface area (Å²) in [7, 11) is -3.87. The fourth-order valence-electron chi connectivity index (χ4n) is 2.78. The summed E-state index contributed by atoms with van der Waals surface area (Å²) < 4.78 is 46.0. The molecular weight excluding hydrogens is 446 g/mol. The number of pyridine rings is 1. The molecule has 1 saturated heterocycles. The van der Waals surface area contributed by atoms with Gasteiger partial charge in [0.15, 0.2) is 0 Å². The maximum Gasteiger partial charge on any atom is 0.255 e. The highest BCUT2D eigenvalue weighted by Gasteiger charge is 2.28. The Morgan fingerprint density at radius 3 is 2.69 bits per heavy atom. The van der Waals surface area contributed by atoms with Crippen LogP contribution in [0.15, 0.2) is 35.4 Å². The van der Waals surface area contributed by atoms with Crippen LogP contribution in [0.4, 0.5) is 4.39 Å². The second-order valence-electron chi connectivity index (χ2n) is 6.06. The number of benzene rings is 1. The third-order valence-electron chi connectivity index (χ3n) is 4.20. The van der Waals surface area contributed by atoms with Crippen LogP contribution in [0.3, 0.4) is 0 Å². The monoisotopic (exact) mass is 464 g/mol. The molecule has 1 aromatic heterocycles. The van der Waals surface area contributed by atoms with E-state index in [9.17, 15) is 17.6 Å². The van der Waals surface area contributed by atoms with E-state index in [0.29, 0.717) is 0 Å². The molecule has 0 spiro atoms. The van der Waals surface area contributed by atoms with E-state index < -0.39 is 21.7 Å². The summed E-state index contributed by atoms with van der Waals surface area (Å²) in [6.07, 6.45) is 1.36. The average molecular weight is 465 g/mol. The van der Waals surface area contributed by atoms with Crippen molar-refractivity contribution in [3.8, 4) is 0 Å². The third-order valence-corrected chi connectivity index (χ3v) is 6.42. The molecule has 1 aliphatic heterocycles. The zero-order valence-electron chi connectivity index (χ0n) is 15.1. The normalized spacial score (nSPS) is 14.8. The van der Waals surface area contributed by atoms with Gasteiger partial charge in [-0.3, -0.25) is 10.2 Å². The largest absolute Gasteiger partial charge is 0.379 e. The summed E-state index contributed by atoms with van der Waals surface area (Å²) >= 11 is 5.83. The first-order chi connectivity index (χ1) is 13.3. The van der Waals surface area contributed by atoms with Gasteiger partial charge >= 0.3 is 0 Å². The topological polar surface area (TPSA) is 115 Å². The van der Waals surface area contributed by atoms with Gasteiger partial charge in [-0.05, 0) is 29.8 Å². The molecule has 12 heteroatoms. The summed E-state index contributed by atoms with van der Waals surface area (Å²) in [6.45, 7) is 0.730. The van der Waals surface area contributed by atoms with Crippen molar-refractivity contribution in [3.63, 3.8) is 0 Å². The number of sulfonamides is 1. The Labute approximate surface area is 178 Å². The number of rotatable bonds is 5. The van der Waals surface area contributed by atoms with Gasteiger partial charge in [-0.25, -0.2) is 12.8 Å². The van der Waals surface area contributed by atoms with Gasteiger partial charge in [-0.2, -0.15) is 4.31 Å². The molecule has 2 aromatic rings. The van der Waals surface area contributed by atoms with Crippen LogP contribution in [0.2, 0.25) is 5.02 Å². The summed E-state index contributed by atoms with van der Waals surface area (Å²) in [4.78, 5) is 14.8. The van der Waals surface area contributed by atoms with Crippen LogP contribution in [0.5, 0.6) is 0 Å². The Morgan fingerprint density at radius 1 is 1.31 bits per heavy atom. The predicted octanol–water partition coefficient (Wildman–Crippen LogP) is 1.66. The van der Waals surface area contributed by atoms with Crippen molar-refractivity contribution in [2.75, 3.05) is 26.3 Å². The van der Waals surface area contributed by atoms with E-state index in [1.54, 1.807) is 0 Å². The van der Waals surface area contributed by atoms with Crippen molar-refractivity contribution in [2.24, 2.45) is 0 Å². The number of halogens is 3. The van der Waals surface area contributed by atoms with Gasteiger partial charge in [0, 0.05) is 25.8 Å². The van der Waals surface area contributed by atoms with E-state index in [1.165, 1.54) is 22.6 Å². The highest BCUT2D eigenvalue weighted by atomic mass is 35.5. The lowest BCUT2D eigenvalue weighted by Gasteiger charge is -2.27. The van der Waals surface area contributed by atoms with Crippen LogP contribution >= 0.6 is 24.0 Å². The molecule has 1 aromatic carbocycles. The molecule has 2 heterocycles. The Morgan fingerprint density at radius 2 is 2.00 bits per heavy atom. The van der Waals surface area contributed by atoms with Crippen molar-refractivity contribution in [1.82, 2.24) is 14.6 Å². The minimum Gasteiger partial charge on any atom is -0.379 e. The van der Waals surface area contributed by atoms with E-state index in [2.05, 4.69) is 10.3 Å². The van der Waals surface area contributed by atoms with Crippen molar-refractivity contribution in [1.29, 1.82) is 5.41 Å². The molecule has 0 radical (unpaired) electrons. The SMILES string of the molecule is Cl.N=c1[nH]cc(Cl)cc1C(=O)NCc1cc(F)ccc1S(=O)(=O)N1CCOCC1. The maximum absolute atomic E-state index is 13.7. The number of morpholine rings is 1. The summed E-state index contributed by atoms with van der Waals surface area (Å²) in [5, 5.41) is 10.5. The van der Waals surface area contributed by atoms with Crippen molar-refractivity contribution in [3.05, 3.63) is 57.9 Å². The molecule has 3 N–H and O–H groups in total. The zero-order chi connectivity index (χ0) is 20.3. The summed E-state index contributed by atoms with van der Waals surface area (Å²) in [5.41, 5.74) is -0.0545. The number of amides is 1. The van der Waals surface area contributed by atoms with Gasteiger partial charge in [0.05, 0.1) is 28.7 Å². The first kappa shape index (κ1) is 23.3. The second kappa shape index (κ2) is 9.68. The van der Waals surface area contributed by atoms with Crippen molar-refractivity contribution < 1.29 is 22.3 Å². The number of hydrogen-bond donors (Lipinski definition) is 3. The predicted molar refractivity (Wildman–Crippen MR) is 106 cm³/mol. The van der Waals surface area contributed by atoms with E-state index in [-0.39, 0.29) is 71.8 Å². The molecule has 1 fully saturated rings. The van der Waals surface area contributed by atoms with Gasteiger partial charge in [0.1, 0.15) is 11.3 Å². The van der Waals surface area contributed by atoms with Crippen LogP contribution in [0.25, 0.3) is 0 Å². The van der Waals surface area contributed by atoms with Gasteiger partial charge in [0.25, 0.3) is 5.91 Å². The van der Waals surface area contributed by atoms with Crippen LogP contribution in [-0.2, 0) is 21.3 Å². The number of aromatic amines is 1. The number of nitrogens with zero attached hydrogens (tertiary/aromatic N) is 1. The molecule has 29 heavy (non-hydrogen) atoms. The Kier molecular flexibility index (Phi) is 7.78. The lowest BCUT2D eigenvalue weighted by atomic mass is 10.2. The number of carbonyl (C=O) groups excluding carboxylic acids is 1. The van der Waals surface area contributed by atoms with Crippen molar-refractivity contribution >= 4 is 39.9 Å². The molecule has 1 amide bonds. The molecule has 158 valence electrons. The molecule has 1 aliphatic rings. The lowest BCUT2D eigenvalue weighted by molar-refractivity contribution is 0.0730. The number of aromatic nitrogens is 1. The van der Waals surface area contributed by atoms with Crippen LogP contribution in [0.1, 0.15) is 15.9 Å². The Bertz CT molecular complexity index is 1060. The third kappa shape index (κ3) is 5.34. The lowest BCUT2D eigenvalue weighted by Crippen LogP contribution is -2.41. The van der Waals surface area contributed by atoms with E-state index >= 15 is 0 Å². The molecular formula is C17H19Cl2FN4O4S. The molecule has 3 rings (SSSR count). The summed E-state index contributed by atoms with van der Waals surface area (Å²) in [6, 6.07) is 4.63. The molecule has 0 unspecified atom stereocenters. The van der Waals surface area contributed by atoms with E-state index in [1.807, 2.05) is 0 Å². The smallest absolute Gasteiger partial charge is 0.255 e. The molecule has 0 aliphatic carbocycles. The highest BCUT2D eigenvalue weighted by molar-refractivity contribution is 7.89. The van der Waals surface area contributed by atoms with Crippen LogP contribution in [-0.4, -0.2) is 49.9 Å². The second-order valence-corrected chi connectivity index (χ2v) is 8.40. The number of carbonyl (C=O) groups is 1. The van der Waals surface area contributed by atoms with Gasteiger partial charge in [-0.15, -0.1) is 12.4 Å². The van der Waals surface area contributed by atoms with Crippen molar-refractivity contribution in [2.45, 2.75) is 11.4 Å².